The lowest BCUT2D eigenvalue weighted by Crippen LogP contribution is -2.10. The predicted octanol–water partition coefficient (Wildman–Crippen LogP) is 2.30. The molecule has 0 heterocycles. The molecule has 1 aliphatic carbocycles. The molecule has 0 unspecified atom stereocenters. The molecular weight excluding hydrogens is 229 g/mol. The number of carbonyl (C=O) groups is 1. The molecule has 6 heteroatoms. The lowest BCUT2D eigenvalue weighted by atomic mass is 10.2. The lowest BCUT2D eigenvalue weighted by molar-refractivity contribution is -0.385. The third kappa shape index (κ3) is 2.77. The maximum absolute atomic E-state index is 13.0. The fourth-order valence-corrected chi connectivity index (χ4v) is 1.39. The van der Waals surface area contributed by atoms with Crippen LogP contribution in [0, 0.1) is 21.8 Å². The Labute approximate surface area is 96.3 Å². The van der Waals surface area contributed by atoms with Gasteiger partial charge in [0.2, 0.25) is 0 Å². The summed E-state index contributed by atoms with van der Waals surface area (Å²) in [7, 11) is 0. The molecule has 0 bridgehead atoms. The van der Waals surface area contributed by atoms with E-state index in [0.717, 1.165) is 31.0 Å². The number of nitrogens with zero attached hydrogens (tertiary/aromatic N) is 1. The smallest absolute Gasteiger partial charge is 0.345 e. The van der Waals surface area contributed by atoms with Gasteiger partial charge >= 0.3 is 5.97 Å². The van der Waals surface area contributed by atoms with Gasteiger partial charge in [-0.25, -0.2) is 9.18 Å². The lowest BCUT2D eigenvalue weighted by Gasteiger charge is -2.04. The van der Waals surface area contributed by atoms with Crippen LogP contribution in [-0.2, 0) is 4.74 Å². The van der Waals surface area contributed by atoms with Crippen molar-refractivity contribution in [1.82, 2.24) is 0 Å². The second-order valence-electron chi connectivity index (χ2n) is 3.96. The van der Waals surface area contributed by atoms with E-state index in [2.05, 4.69) is 0 Å². The molecular formula is C11H10FNO4. The van der Waals surface area contributed by atoms with Gasteiger partial charge in [-0.05, 0) is 30.9 Å². The summed E-state index contributed by atoms with van der Waals surface area (Å²) >= 11 is 0. The molecule has 0 aromatic heterocycles. The Morgan fingerprint density at radius 3 is 2.82 bits per heavy atom. The summed E-state index contributed by atoms with van der Waals surface area (Å²) in [5.74, 6) is -1.19. The zero-order valence-corrected chi connectivity index (χ0v) is 8.89. The number of nitro benzene ring substituents is 1. The van der Waals surface area contributed by atoms with Crippen molar-refractivity contribution < 1.29 is 18.8 Å². The maximum atomic E-state index is 13.0. The topological polar surface area (TPSA) is 69.4 Å². The van der Waals surface area contributed by atoms with Crippen molar-refractivity contribution in [2.75, 3.05) is 6.61 Å². The highest BCUT2D eigenvalue weighted by molar-refractivity contribution is 5.93. The number of ether oxygens (including phenoxy) is 1. The van der Waals surface area contributed by atoms with E-state index in [9.17, 15) is 19.3 Å². The van der Waals surface area contributed by atoms with Crippen molar-refractivity contribution in [3.8, 4) is 0 Å². The van der Waals surface area contributed by atoms with Crippen molar-refractivity contribution in [3.63, 3.8) is 0 Å². The molecule has 2 rings (SSSR count). The Morgan fingerprint density at radius 2 is 2.24 bits per heavy atom. The Bertz CT molecular complexity index is 471. The number of rotatable bonds is 4. The largest absolute Gasteiger partial charge is 0.462 e. The van der Waals surface area contributed by atoms with Crippen LogP contribution in [0.3, 0.4) is 0 Å². The molecule has 0 spiro atoms. The summed E-state index contributed by atoms with van der Waals surface area (Å²) in [6.45, 7) is 0.243. The Kier molecular flexibility index (Phi) is 3.03. The van der Waals surface area contributed by atoms with Gasteiger partial charge in [-0.3, -0.25) is 10.1 Å². The third-order valence-electron chi connectivity index (χ3n) is 2.52. The van der Waals surface area contributed by atoms with Crippen LogP contribution in [0.15, 0.2) is 18.2 Å². The molecule has 1 aliphatic rings. The Balaban J connectivity index is 2.18. The van der Waals surface area contributed by atoms with Crippen LogP contribution in [-0.4, -0.2) is 17.5 Å². The SMILES string of the molecule is O=C(OCC1CC1)c1cc(F)ccc1[N+](=O)[O-]. The maximum Gasteiger partial charge on any atom is 0.345 e. The van der Waals surface area contributed by atoms with E-state index in [1.165, 1.54) is 0 Å². The van der Waals surface area contributed by atoms with E-state index in [0.29, 0.717) is 5.92 Å². The fourth-order valence-electron chi connectivity index (χ4n) is 1.39. The van der Waals surface area contributed by atoms with Gasteiger partial charge in [-0.1, -0.05) is 0 Å². The minimum atomic E-state index is -0.844. The minimum absolute atomic E-state index is 0.243. The van der Waals surface area contributed by atoms with E-state index in [1.54, 1.807) is 0 Å². The van der Waals surface area contributed by atoms with Gasteiger partial charge in [0.1, 0.15) is 11.4 Å². The molecule has 0 saturated heterocycles. The number of carbonyl (C=O) groups excluding carboxylic acids is 1. The van der Waals surface area contributed by atoms with Gasteiger partial charge in [0.05, 0.1) is 11.5 Å². The van der Waals surface area contributed by atoms with Gasteiger partial charge < -0.3 is 4.74 Å². The van der Waals surface area contributed by atoms with E-state index >= 15 is 0 Å². The Hall–Kier alpha value is -1.98. The fraction of sp³-hybridized carbons (Fsp3) is 0.364. The molecule has 0 N–H and O–H groups in total. The molecule has 1 aromatic carbocycles. The van der Waals surface area contributed by atoms with Crippen LogP contribution in [0.5, 0.6) is 0 Å². The summed E-state index contributed by atoms with van der Waals surface area (Å²) in [5.41, 5.74) is -0.775. The molecule has 0 amide bonds. The number of nitro groups is 1. The average molecular weight is 239 g/mol. The summed E-state index contributed by atoms with van der Waals surface area (Å²) in [6, 6.07) is 2.73. The molecule has 1 saturated carbocycles. The zero-order chi connectivity index (χ0) is 12.4. The van der Waals surface area contributed by atoms with Crippen molar-refractivity contribution >= 4 is 11.7 Å². The van der Waals surface area contributed by atoms with Gasteiger partial charge in [0.25, 0.3) is 5.69 Å². The number of hydrogen-bond acceptors (Lipinski definition) is 4. The quantitative estimate of drug-likeness (QED) is 0.459. The molecule has 1 fully saturated rings. The summed E-state index contributed by atoms with van der Waals surface area (Å²) in [5, 5.41) is 10.7. The monoisotopic (exact) mass is 239 g/mol. The normalized spacial score (nSPS) is 14.4. The first-order valence-electron chi connectivity index (χ1n) is 5.19. The van der Waals surface area contributed by atoms with Gasteiger partial charge in [-0.15, -0.1) is 0 Å². The van der Waals surface area contributed by atoms with Crippen LogP contribution >= 0.6 is 0 Å². The van der Waals surface area contributed by atoms with Crippen LogP contribution in [0.25, 0.3) is 0 Å². The predicted molar refractivity (Wildman–Crippen MR) is 56.1 cm³/mol. The minimum Gasteiger partial charge on any atom is -0.462 e. The first kappa shape index (κ1) is 11.5. The average Bonchev–Trinajstić information content (AvgIpc) is 3.09. The summed E-state index contributed by atoms with van der Waals surface area (Å²) < 4.78 is 17.8. The van der Waals surface area contributed by atoms with Crippen molar-refractivity contribution in [2.45, 2.75) is 12.8 Å². The molecule has 0 radical (unpaired) electrons. The molecule has 5 nitrogen and oxygen atoms in total. The van der Waals surface area contributed by atoms with Gasteiger partial charge in [0.15, 0.2) is 0 Å². The Morgan fingerprint density at radius 1 is 1.53 bits per heavy atom. The van der Waals surface area contributed by atoms with E-state index in [1.807, 2.05) is 0 Å². The highest BCUT2D eigenvalue weighted by Crippen LogP contribution is 2.29. The van der Waals surface area contributed by atoms with E-state index in [-0.39, 0.29) is 12.2 Å². The van der Waals surface area contributed by atoms with Gasteiger partial charge in [0, 0.05) is 6.07 Å². The van der Waals surface area contributed by atoms with Crippen LogP contribution in [0.2, 0.25) is 0 Å². The van der Waals surface area contributed by atoms with Crippen LogP contribution < -0.4 is 0 Å². The molecule has 17 heavy (non-hydrogen) atoms. The molecule has 90 valence electrons. The summed E-state index contributed by atoms with van der Waals surface area (Å²) in [6.07, 6.45) is 2.00. The second kappa shape index (κ2) is 4.48. The van der Waals surface area contributed by atoms with Gasteiger partial charge in [-0.2, -0.15) is 0 Å². The molecule has 0 aliphatic heterocycles. The third-order valence-corrected chi connectivity index (χ3v) is 2.52. The number of esters is 1. The second-order valence-corrected chi connectivity index (χ2v) is 3.96. The van der Waals surface area contributed by atoms with Crippen molar-refractivity contribution in [2.24, 2.45) is 5.92 Å². The number of benzene rings is 1. The molecule has 0 atom stereocenters. The van der Waals surface area contributed by atoms with Crippen molar-refractivity contribution in [3.05, 3.63) is 39.7 Å². The molecule has 1 aromatic rings. The highest BCUT2D eigenvalue weighted by atomic mass is 19.1. The van der Waals surface area contributed by atoms with Crippen LogP contribution in [0.4, 0.5) is 10.1 Å². The standard InChI is InChI=1S/C11H10FNO4/c12-8-3-4-10(13(15)16)9(5-8)11(14)17-6-7-1-2-7/h3-5,7H,1-2,6H2. The number of hydrogen-bond donors (Lipinski definition) is 0. The van der Waals surface area contributed by atoms with E-state index < -0.39 is 22.4 Å². The number of halogens is 1. The zero-order valence-electron chi connectivity index (χ0n) is 8.89. The first-order chi connectivity index (χ1) is 8.08. The van der Waals surface area contributed by atoms with Crippen molar-refractivity contribution in [1.29, 1.82) is 0 Å². The summed E-state index contributed by atoms with van der Waals surface area (Å²) in [4.78, 5) is 21.5. The first-order valence-corrected chi connectivity index (χ1v) is 5.19. The van der Waals surface area contributed by atoms with E-state index in [4.69, 9.17) is 4.74 Å². The highest BCUT2D eigenvalue weighted by Gasteiger charge is 2.26. The van der Waals surface area contributed by atoms with Crippen LogP contribution in [0.1, 0.15) is 23.2 Å².